The van der Waals surface area contributed by atoms with E-state index in [4.69, 9.17) is 10.5 Å². The summed E-state index contributed by atoms with van der Waals surface area (Å²) in [6.07, 6.45) is 0. The number of hydrogen-bond donors (Lipinski definition) is 0. The van der Waals surface area contributed by atoms with Gasteiger partial charge in [0.15, 0.2) is 0 Å². The molecule has 0 saturated carbocycles. The van der Waals surface area contributed by atoms with Crippen molar-refractivity contribution in [2.75, 3.05) is 31.2 Å². The minimum Gasteiger partial charge on any atom is -0.699 e. The number of benzene rings is 1. The maximum absolute atomic E-state index is 7.36. The number of rotatable bonds is 1. The third-order valence-corrected chi connectivity index (χ3v) is 2.24. The first kappa shape index (κ1) is 12.5. The number of ether oxygens (including phenoxy) is 1. The summed E-state index contributed by atoms with van der Waals surface area (Å²) < 4.78 is 5.27. The maximum Gasteiger partial charge on any atom is 1.00 e. The molecule has 3 nitrogen and oxygen atoms in total. The molecule has 2 rings (SSSR count). The van der Waals surface area contributed by atoms with Crippen molar-refractivity contribution in [2.24, 2.45) is 0 Å². The first-order chi connectivity index (χ1) is 6.36. The van der Waals surface area contributed by atoms with Crippen molar-refractivity contribution in [3.05, 3.63) is 30.0 Å². The number of anilines is 1. The normalized spacial score (nSPS) is 16.1. The summed E-state index contributed by atoms with van der Waals surface area (Å²) in [5.41, 5.74) is 9.12. The molecule has 1 aromatic rings. The van der Waals surface area contributed by atoms with Crippen molar-refractivity contribution >= 4 is 11.4 Å². The second kappa shape index (κ2) is 6.10. The van der Waals surface area contributed by atoms with Crippen LogP contribution in [0, 0.1) is 0 Å². The summed E-state index contributed by atoms with van der Waals surface area (Å²) in [6.45, 7) is 3.53. The van der Waals surface area contributed by atoms with Crippen molar-refractivity contribution in [2.45, 2.75) is 0 Å². The van der Waals surface area contributed by atoms with E-state index in [2.05, 4.69) is 4.90 Å². The van der Waals surface area contributed by atoms with Crippen LogP contribution in [0.15, 0.2) is 24.3 Å². The molecular formula is C10H13KN2O. The molecule has 4 heteroatoms. The molecule has 1 saturated heterocycles. The van der Waals surface area contributed by atoms with Gasteiger partial charge in [0.05, 0.1) is 13.2 Å². The second-order valence-electron chi connectivity index (χ2n) is 3.15. The zero-order valence-electron chi connectivity index (χ0n) is 8.49. The van der Waals surface area contributed by atoms with Gasteiger partial charge in [-0.1, -0.05) is 12.1 Å². The maximum atomic E-state index is 7.36. The minimum absolute atomic E-state index is 0. The van der Waals surface area contributed by atoms with Crippen LogP contribution in [0.2, 0.25) is 0 Å². The summed E-state index contributed by atoms with van der Waals surface area (Å²) in [5.74, 6) is 0. The third-order valence-electron chi connectivity index (χ3n) is 2.24. The van der Waals surface area contributed by atoms with E-state index >= 15 is 0 Å². The monoisotopic (exact) mass is 216 g/mol. The molecule has 0 amide bonds. The van der Waals surface area contributed by atoms with E-state index in [1.807, 2.05) is 24.3 Å². The van der Waals surface area contributed by atoms with Gasteiger partial charge in [0.1, 0.15) is 0 Å². The molecule has 0 atom stereocenters. The minimum atomic E-state index is 0. The first-order valence-corrected chi connectivity index (χ1v) is 4.50. The van der Waals surface area contributed by atoms with Gasteiger partial charge in [0.25, 0.3) is 0 Å². The standard InChI is InChI=1S/C10H13N2O.K/c11-9-1-3-10(4-2-9)12-5-7-13-8-6-12;/h1-4,11H,5-8H2;/q-1;+1. The van der Waals surface area contributed by atoms with Crippen molar-refractivity contribution < 1.29 is 56.1 Å². The van der Waals surface area contributed by atoms with Crippen LogP contribution >= 0.6 is 0 Å². The van der Waals surface area contributed by atoms with Crippen LogP contribution in [0.25, 0.3) is 5.73 Å². The molecule has 0 aromatic heterocycles. The van der Waals surface area contributed by atoms with Gasteiger partial charge in [-0.25, -0.2) is 0 Å². The largest absolute Gasteiger partial charge is 1.00 e. The molecule has 1 N–H and O–H groups in total. The van der Waals surface area contributed by atoms with Gasteiger partial charge in [0, 0.05) is 18.8 Å². The molecule has 70 valence electrons. The Balaban J connectivity index is 0.000000980. The molecule has 14 heavy (non-hydrogen) atoms. The summed E-state index contributed by atoms with van der Waals surface area (Å²) >= 11 is 0. The van der Waals surface area contributed by atoms with Crippen molar-refractivity contribution in [1.29, 1.82) is 0 Å². The van der Waals surface area contributed by atoms with Crippen LogP contribution in [0.3, 0.4) is 0 Å². The number of morpholine rings is 1. The van der Waals surface area contributed by atoms with E-state index in [0.29, 0.717) is 5.69 Å². The van der Waals surface area contributed by atoms with Crippen LogP contribution in [-0.4, -0.2) is 26.3 Å². The molecule has 0 radical (unpaired) electrons. The fourth-order valence-corrected chi connectivity index (χ4v) is 1.49. The number of nitrogens with zero attached hydrogens (tertiary/aromatic N) is 1. The Labute approximate surface area is 127 Å². The Morgan fingerprint density at radius 2 is 1.64 bits per heavy atom. The predicted molar refractivity (Wildman–Crippen MR) is 53.5 cm³/mol. The average molecular weight is 216 g/mol. The second-order valence-corrected chi connectivity index (χ2v) is 3.15. The molecule has 1 aromatic carbocycles. The Hall–Kier alpha value is 0.416. The van der Waals surface area contributed by atoms with E-state index in [1.54, 1.807) is 0 Å². The van der Waals surface area contributed by atoms with Gasteiger partial charge in [0.2, 0.25) is 0 Å². The molecule has 1 heterocycles. The molecule has 0 bridgehead atoms. The summed E-state index contributed by atoms with van der Waals surface area (Å²) in [5, 5.41) is 0. The molecule has 1 aliphatic rings. The zero-order valence-corrected chi connectivity index (χ0v) is 11.6. The quantitative estimate of drug-likeness (QED) is 0.577. The summed E-state index contributed by atoms with van der Waals surface area (Å²) in [6, 6.07) is 7.64. The van der Waals surface area contributed by atoms with E-state index in [-0.39, 0.29) is 51.4 Å². The third kappa shape index (κ3) is 3.22. The van der Waals surface area contributed by atoms with E-state index in [1.165, 1.54) is 5.69 Å². The molecular weight excluding hydrogens is 203 g/mol. The zero-order chi connectivity index (χ0) is 9.10. The summed E-state index contributed by atoms with van der Waals surface area (Å²) in [7, 11) is 0. The smallest absolute Gasteiger partial charge is 0.699 e. The summed E-state index contributed by atoms with van der Waals surface area (Å²) in [4.78, 5) is 2.28. The Kier molecular flexibility index (Phi) is 5.44. The van der Waals surface area contributed by atoms with E-state index in [0.717, 1.165) is 26.3 Å². The number of hydrogen-bond acceptors (Lipinski definition) is 2. The Morgan fingerprint density at radius 3 is 2.21 bits per heavy atom. The van der Waals surface area contributed by atoms with Crippen molar-refractivity contribution in [3.8, 4) is 0 Å². The molecule has 0 spiro atoms. The topological polar surface area (TPSA) is 36.3 Å². The fraction of sp³-hybridized carbons (Fsp3) is 0.400. The molecule has 0 aliphatic carbocycles. The molecule has 1 fully saturated rings. The van der Waals surface area contributed by atoms with E-state index in [9.17, 15) is 0 Å². The number of nitrogens with one attached hydrogen (secondary N) is 1. The Bertz CT molecular complexity index is 270. The fourth-order valence-electron chi connectivity index (χ4n) is 1.49. The average Bonchev–Trinajstić information content (AvgIpc) is 2.20. The van der Waals surface area contributed by atoms with Crippen LogP contribution in [-0.2, 0) is 4.74 Å². The van der Waals surface area contributed by atoms with Gasteiger partial charge in [-0.05, 0) is 12.1 Å². The van der Waals surface area contributed by atoms with Crippen molar-refractivity contribution in [3.63, 3.8) is 0 Å². The van der Waals surface area contributed by atoms with Gasteiger partial charge < -0.3 is 15.4 Å². The van der Waals surface area contributed by atoms with Crippen molar-refractivity contribution in [1.82, 2.24) is 0 Å². The van der Waals surface area contributed by atoms with Gasteiger partial charge in [-0.15, -0.1) is 5.69 Å². The SMILES string of the molecule is [K+].[NH-]c1ccc(N2CCOCC2)cc1. The van der Waals surface area contributed by atoms with Gasteiger partial charge in [-0.3, -0.25) is 0 Å². The van der Waals surface area contributed by atoms with E-state index < -0.39 is 0 Å². The Morgan fingerprint density at radius 1 is 1.07 bits per heavy atom. The van der Waals surface area contributed by atoms with Crippen LogP contribution in [0.5, 0.6) is 0 Å². The first-order valence-electron chi connectivity index (χ1n) is 4.50. The van der Waals surface area contributed by atoms with Crippen LogP contribution in [0.1, 0.15) is 0 Å². The predicted octanol–water partition coefficient (Wildman–Crippen LogP) is -0.789. The van der Waals surface area contributed by atoms with Gasteiger partial charge >= 0.3 is 51.4 Å². The van der Waals surface area contributed by atoms with Gasteiger partial charge in [-0.2, -0.15) is 0 Å². The van der Waals surface area contributed by atoms with Crippen LogP contribution < -0.4 is 56.3 Å². The molecule has 0 unspecified atom stereocenters. The van der Waals surface area contributed by atoms with Crippen LogP contribution in [0.4, 0.5) is 11.4 Å². The molecule has 1 aliphatic heterocycles.